The maximum Gasteiger partial charge on any atom is 0.274 e. The number of nitrogens with one attached hydrogen (secondary N) is 1. The van der Waals surface area contributed by atoms with Gasteiger partial charge in [-0.25, -0.2) is 0 Å². The van der Waals surface area contributed by atoms with E-state index in [1.54, 1.807) is 12.1 Å². The topological polar surface area (TPSA) is 61.9 Å². The summed E-state index contributed by atoms with van der Waals surface area (Å²) in [7, 11) is 0. The molecule has 2 aromatic rings. The van der Waals surface area contributed by atoms with Gasteiger partial charge >= 0.3 is 0 Å². The van der Waals surface area contributed by atoms with Gasteiger partial charge in [0.1, 0.15) is 0 Å². The van der Waals surface area contributed by atoms with Crippen molar-refractivity contribution in [1.82, 2.24) is 20.1 Å². The Labute approximate surface area is 115 Å². The van der Waals surface area contributed by atoms with Crippen LogP contribution in [-0.4, -0.2) is 32.5 Å². The molecule has 1 aliphatic rings. The number of carbonyl (C=O) groups is 1. The van der Waals surface area contributed by atoms with Crippen LogP contribution in [0.5, 0.6) is 0 Å². The van der Waals surface area contributed by atoms with Crippen molar-refractivity contribution in [2.45, 2.75) is 18.9 Å². The van der Waals surface area contributed by atoms with E-state index >= 15 is 0 Å². The highest BCUT2D eigenvalue weighted by Crippen LogP contribution is 2.31. The highest BCUT2D eigenvalue weighted by Gasteiger charge is 2.31. The van der Waals surface area contributed by atoms with Gasteiger partial charge in [0, 0.05) is 18.4 Å². The Bertz CT molecular complexity index is 567. The number of rotatable bonds is 2. The fraction of sp³-hybridized carbons (Fsp3) is 0.308. The number of hydrogen-bond acceptors (Lipinski definition) is 3. The second-order valence-corrected chi connectivity index (χ2v) is 4.91. The van der Waals surface area contributed by atoms with E-state index in [2.05, 4.69) is 15.2 Å². The molecule has 1 fully saturated rings. The summed E-state index contributed by atoms with van der Waals surface area (Å²) in [4.78, 5) is 17.4. The number of carbonyl (C=O) groups excluding carboxylic acids is 1. The number of amides is 1. The molecule has 1 aliphatic heterocycles. The molecule has 1 saturated heterocycles. The first-order valence-electron chi connectivity index (χ1n) is 6.19. The van der Waals surface area contributed by atoms with Crippen LogP contribution in [0.25, 0.3) is 0 Å². The largest absolute Gasteiger partial charge is 0.363 e. The van der Waals surface area contributed by atoms with E-state index in [0.29, 0.717) is 10.8 Å². The van der Waals surface area contributed by atoms with Crippen LogP contribution in [0, 0.1) is 0 Å². The summed E-state index contributed by atoms with van der Waals surface area (Å²) in [6.07, 6.45) is 3.84. The average molecular weight is 277 g/mol. The molecule has 0 spiro atoms. The maximum atomic E-state index is 12.4. The Kier molecular flexibility index (Phi) is 3.21. The lowest BCUT2D eigenvalue weighted by Gasteiger charge is -2.23. The van der Waals surface area contributed by atoms with Gasteiger partial charge in [-0.05, 0) is 37.1 Å². The van der Waals surface area contributed by atoms with Crippen molar-refractivity contribution >= 4 is 17.5 Å². The number of nitrogens with zero attached hydrogens (tertiary/aromatic N) is 3. The van der Waals surface area contributed by atoms with E-state index < -0.39 is 0 Å². The number of H-pyrrole nitrogens is 1. The van der Waals surface area contributed by atoms with Crippen molar-refractivity contribution in [3.05, 3.63) is 47.0 Å². The summed E-state index contributed by atoms with van der Waals surface area (Å²) >= 11 is 5.68. The van der Waals surface area contributed by atoms with E-state index in [1.807, 2.05) is 23.2 Å². The molecule has 0 aliphatic carbocycles. The number of hydrogen-bond donors (Lipinski definition) is 1. The average Bonchev–Trinajstić information content (AvgIpc) is 3.09. The fourth-order valence-corrected chi connectivity index (χ4v) is 2.56. The molecule has 5 nitrogen and oxygen atoms in total. The number of halogens is 1. The van der Waals surface area contributed by atoms with Crippen LogP contribution in [-0.2, 0) is 0 Å². The Hall–Kier alpha value is -1.88. The van der Waals surface area contributed by atoms with Crippen LogP contribution in [0.4, 0.5) is 0 Å². The molecule has 3 rings (SSSR count). The number of aromatic nitrogens is 3. The first-order chi connectivity index (χ1) is 9.25. The standard InChI is InChI=1S/C13H13ClN4O/c14-12-6-5-10(16-17-12)13(19)18-8-2-4-11(18)9-3-1-7-15-9/h1,3,5-7,11,15H,2,4,8H2. The summed E-state index contributed by atoms with van der Waals surface area (Å²) in [6.45, 7) is 0.743. The van der Waals surface area contributed by atoms with Gasteiger partial charge in [-0.2, -0.15) is 0 Å². The van der Waals surface area contributed by atoms with Gasteiger partial charge in [0.15, 0.2) is 10.8 Å². The molecule has 0 aromatic carbocycles. The lowest BCUT2D eigenvalue weighted by Crippen LogP contribution is -2.31. The zero-order valence-corrected chi connectivity index (χ0v) is 11.0. The third kappa shape index (κ3) is 2.33. The van der Waals surface area contributed by atoms with Crippen LogP contribution in [0.2, 0.25) is 5.15 Å². The first-order valence-corrected chi connectivity index (χ1v) is 6.57. The van der Waals surface area contributed by atoms with Crippen LogP contribution in [0.1, 0.15) is 35.1 Å². The number of aromatic amines is 1. The van der Waals surface area contributed by atoms with Crippen molar-refractivity contribution in [3.63, 3.8) is 0 Å². The first kappa shape index (κ1) is 12.2. The molecular weight excluding hydrogens is 264 g/mol. The van der Waals surface area contributed by atoms with Gasteiger partial charge in [-0.15, -0.1) is 10.2 Å². The van der Waals surface area contributed by atoms with E-state index in [4.69, 9.17) is 11.6 Å². The normalized spacial score (nSPS) is 18.8. The van der Waals surface area contributed by atoms with E-state index in [-0.39, 0.29) is 11.9 Å². The predicted octanol–water partition coefficient (Wildman–Crippen LogP) is 2.44. The molecular formula is C13H13ClN4O. The molecule has 6 heteroatoms. The van der Waals surface area contributed by atoms with E-state index in [9.17, 15) is 4.79 Å². The molecule has 1 atom stereocenters. The smallest absolute Gasteiger partial charge is 0.274 e. The van der Waals surface area contributed by atoms with Crippen LogP contribution < -0.4 is 0 Å². The van der Waals surface area contributed by atoms with Gasteiger partial charge in [-0.1, -0.05) is 11.6 Å². The van der Waals surface area contributed by atoms with Gasteiger partial charge < -0.3 is 9.88 Å². The highest BCUT2D eigenvalue weighted by atomic mass is 35.5. The Morgan fingerprint density at radius 1 is 1.37 bits per heavy atom. The Morgan fingerprint density at radius 2 is 2.26 bits per heavy atom. The quantitative estimate of drug-likeness (QED) is 0.916. The molecule has 98 valence electrons. The predicted molar refractivity (Wildman–Crippen MR) is 70.8 cm³/mol. The molecule has 1 unspecified atom stereocenters. The lowest BCUT2D eigenvalue weighted by atomic mass is 10.1. The minimum atomic E-state index is -0.0960. The molecule has 0 bridgehead atoms. The second kappa shape index (κ2) is 5.01. The lowest BCUT2D eigenvalue weighted by molar-refractivity contribution is 0.0726. The van der Waals surface area contributed by atoms with Crippen molar-refractivity contribution in [1.29, 1.82) is 0 Å². The highest BCUT2D eigenvalue weighted by molar-refractivity contribution is 6.29. The van der Waals surface area contributed by atoms with Crippen molar-refractivity contribution in [3.8, 4) is 0 Å². The summed E-state index contributed by atoms with van der Waals surface area (Å²) in [5.74, 6) is -0.0960. The molecule has 19 heavy (non-hydrogen) atoms. The number of likely N-dealkylation sites (tertiary alicyclic amines) is 1. The van der Waals surface area contributed by atoms with Crippen molar-refractivity contribution in [2.75, 3.05) is 6.54 Å². The van der Waals surface area contributed by atoms with Crippen molar-refractivity contribution in [2.24, 2.45) is 0 Å². The molecule has 1 N–H and O–H groups in total. The summed E-state index contributed by atoms with van der Waals surface area (Å²) in [6, 6.07) is 7.24. The zero-order chi connectivity index (χ0) is 13.2. The Morgan fingerprint density at radius 3 is 2.95 bits per heavy atom. The zero-order valence-electron chi connectivity index (χ0n) is 10.2. The maximum absolute atomic E-state index is 12.4. The second-order valence-electron chi connectivity index (χ2n) is 4.52. The van der Waals surface area contributed by atoms with Gasteiger partial charge in [0.05, 0.1) is 6.04 Å². The molecule has 1 amide bonds. The molecule has 0 radical (unpaired) electrons. The van der Waals surface area contributed by atoms with Gasteiger partial charge in [0.2, 0.25) is 0 Å². The third-order valence-electron chi connectivity index (χ3n) is 3.35. The monoisotopic (exact) mass is 276 g/mol. The minimum absolute atomic E-state index is 0.0960. The molecule has 3 heterocycles. The molecule has 0 saturated carbocycles. The van der Waals surface area contributed by atoms with Gasteiger partial charge in [0.25, 0.3) is 5.91 Å². The van der Waals surface area contributed by atoms with E-state index in [1.165, 1.54) is 0 Å². The molecule has 2 aromatic heterocycles. The SMILES string of the molecule is O=C(c1ccc(Cl)nn1)N1CCCC1c1ccc[nH]1. The summed E-state index contributed by atoms with van der Waals surface area (Å²) in [5, 5.41) is 7.87. The van der Waals surface area contributed by atoms with Crippen LogP contribution >= 0.6 is 11.6 Å². The van der Waals surface area contributed by atoms with Crippen LogP contribution in [0.15, 0.2) is 30.5 Å². The Balaban J connectivity index is 1.84. The summed E-state index contributed by atoms with van der Waals surface area (Å²) < 4.78 is 0. The van der Waals surface area contributed by atoms with Crippen molar-refractivity contribution < 1.29 is 4.79 Å². The summed E-state index contributed by atoms with van der Waals surface area (Å²) in [5.41, 5.74) is 1.40. The fourth-order valence-electron chi connectivity index (χ4n) is 2.46. The third-order valence-corrected chi connectivity index (χ3v) is 3.55. The van der Waals surface area contributed by atoms with E-state index in [0.717, 1.165) is 25.1 Å². The van der Waals surface area contributed by atoms with Gasteiger partial charge in [-0.3, -0.25) is 4.79 Å². The minimum Gasteiger partial charge on any atom is -0.363 e. The van der Waals surface area contributed by atoms with Crippen LogP contribution in [0.3, 0.4) is 0 Å².